The minimum absolute atomic E-state index is 0.921. The molecule has 0 aliphatic heterocycles. The summed E-state index contributed by atoms with van der Waals surface area (Å²) in [6.45, 7) is 0. The van der Waals surface area contributed by atoms with E-state index >= 15 is 0 Å². The van der Waals surface area contributed by atoms with Gasteiger partial charge in [0.05, 0.1) is 0 Å². The van der Waals surface area contributed by atoms with Crippen LogP contribution < -0.4 is 0 Å². The summed E-state index contributed by atoms with van der Waals surface area (Å²) in [5, 5.41) is 0. The number of halogens is 1. The number of aromatic nitrogens is 1. The number of rotatable bonds is 2. The quantitative estimate of drug-likeness (QED) is 0.798. The summed E-state index contributed by atoms with van der Waals surface area (Å²) >= 11 is 4.96. The fraction of sp³-hybridized carbons (Fsp3) is 0. The molecule has 0 unspecified atom stereocenters. The molecule has 0 radical (unpaired) electrons. The Kier molecular flexibility index (Phi) is 3.11. The third-order valence-corrected chi connectivity index (χ3v) is 3.18. The molecule has 0 spiro atoms. The van der Waals surface area contributed by atoms with Gasteiger partial charge in [0.15, 0.2) is 3.92 Å². The summed E-state index contributed by atoms with van der Waals surface area (Å²) in [5.74, 6) is 0. The minimum atomic E-state index is 0.921. The maximum absolute atomic E-state index is 4.11. The van der Waals surface area contributed by atoms with Gasteiger partial charge in [-0.05, 0) is 27.6 Å². The predicted molar refractivity (Wildman–Crippen MR) is 65.2 cm³/mol. The molecule has 0 saturated heterocycles. The van der Waals surface area contributed by atoms with Crippen LogP contribution >= 0.6 is 27.3 Å². The zero-order valence-electron chi connectivity index (χ0n) is 7.35. The van der Waals surface area contributed by atoms with Crippen LogP contribution in [0, 0.1) is 0 Å². The van der Waals surface area contributed by atoms with Crippen molar-refractivity contribution in [2.45, 2.75) is 0 Å². The van der Waals surface area contributed by atoms with Crippen molar-refractivity contribution in [3.63, 3.8) is 0 Å². The molecule has 1 nitrogen and oxygen atoms in total. The van der Waals surface area contributed by atoms with Crippen molar-refractivity contribution >= 4 is 39.4 Å². The van der Waals surface area contributed by atoms with Crippen molar-refractivity contribution in [1.29, 1.82) is 0 Å². The second kappa shape index (κ2) is 4.53. The second-order valence-electron chi connectivity index (χ2n) is 2.76. The lowest BCUT2D eigenvalue weighted by Gasteiger charge is -1.89. The van der Waals surface area contributed by atoms with Crippen LogP contribution in [-0.2, 0) is 0 Å². The molecule has 1 heterocycles. The first kappa shape index (κ1) is 9.62. The van der Waals surface area contributed by atoms with E-state index in [-0.39, 0.29) is 0 Å². The maximum Gasteiger partial charge on any atom is 0.159 e. The van der Waals surface area contributed by atoms with Crippen LogP contribution in [-0.4, -0.2) is 4.98 Å². The monoisotopic (exact) mass is 265 g/mol. The molecular weight excluding hydrogens is 258 g/mol. The van der Waals surface area contributed by atoms with Crippen molar-refractivity contribution in [3.8, 4) is 0 Å². The third-order valence-electron chi connectivity index (χ3n) is 1.73. The SMILES string of the molecule is Brc1ncc(C=Cc2ccccc2)s1. The largest absolute Gasteiger partial charge is 0.237 e. The van der Waals surface area contributed by atoms with Gasteiger partial charge in [-0.15, -0.1) is 11.3 Å². The van der Waals surface area contributed by atoms with Gasteiger partial charge >= 0.3 is 0 Å². The van der Waals surface area contributed by atoms with Gasteiger partial charge in [0.1, 0.15) is 0 Å². The molecule has 0 N–H and O–H groups in total. The lowest BCUT2D eigenvalue weighted by Crippen LogP contribution is -1.67. The van der Waals surface area contributed by atoms with Crippen LogP contribution in [0.3, 0.4) is 0 Å². The molecule has 70 valence electrons. The normalized spacial score (nSPS) is 10.9. The molecule has 0 aliphatic rings. The van der Waals surface area contributed by atoms with E-state index in [1.54, 1.807) is 11.3 Å². The van der Waals surface area contributed by atoms with Crippen molar-refractivity contribution in [3.05, 3.63) is 50.9 Å². The van der Waals surface area contributed by atoms with Crippen LogP contribution in [0.1, 0.15) is 10.4 Å². The van der Waals surface area contributed by atoms with Crippen LogP contribution in [0.15, 0.2) is 40.4 Å². The molecule has 0 aliphatic carbocycles. The van der Waals surface area contributed by atoms with Crippen molar-refractivity contribution in [1.82, 2.24) is 4.98 Å². The predicted octanol–water partition coefficient (Wildman–Crippen LogP) is 4.08. The van der Waals surface area contributed by atoms with Gasteiger partial charge in [-0.1, -0.05) is 36.4 Å². The van der Waals surface area contributed by atoms with Gasteiger partial charge in [0.2, 0.25) is 0 Å². The van der Waals surface area contributed by atoms with Crippen molar-refractivity contribution in [2.24, 2.45) is 0 Å². The van der Waals surface area contributed by atoms with E-state index < -0.39 is 0 Å². The van der Waals surface area contributed by atoms with E-state index in [1.807, 2.05) is 24.4 Å². The Morgan fingerprint density at radius 3 is 2.57 bits per heavy atom. The molecule has 0 amide bonds. The van der Waals surface area contributed by atoms with Crippen LogP contribution in [0.4, 0.5) is 0 Å². The van der Waals surface area contributed by atoms with E-state index in [1.165, 1.54) is 5.56 Å². The summed E-state index contributed by atoms with van der Waals surface area (Å²) in [7, 11) is 0. The maximum atomic E-state index is 4.11. The van der Waals surface area contributed by atoms with E-state index in [4.69, 9.17) is 0 Å². The summed E-state index contributed by atoms with van der Waals surface area (Å²) in [4.78, 5) is 5.27. The molecule has 0 bridgehead atoms. The van der Waals surface area contributed by atoms with E-state index in [0.717, 1.165) is 8.79 Å². The minimum Gasteiger partial charge on any atom is -0.237 e. The standard InChI is InChI=1S/C11H8BrNS/c12-11-13-8-10(14-11)7-6-9-4-2-1-3-5-9/h1-8H. The average molecular weight is 266 g/mol. The Hall–Kier alpha value is -0.930. The zero-order chi connectivity index (χ0) is 9.80. The highest BCUT2D eigenvalue weighted by atomic mass is 79.9. The van der Waals surface area contributed by atoms with Gasteiger partial charge in [0.25, 0.3) is 0 Å². The molecule has 2 rings (SSSR count). The summed E-state index contributed by atoms with van der Waals surface area (Å²) in [6, 6.07) is 10.2. The average Bonchev–Trinajstić information content (AvgIpc) is 2.63. The molecule has 0 saturated carbocycles. The number of hydrogen-bond acceptors (Lipinski definition) is 2. The Labute approximate surface area is 95.3 Å². The van der Waals surface area contributed by atoms with Crippen molar-refractivity contribution in [2.75, 3.05) is 0 Å². The Balaban J connectivity index is 2.15. The fourth-order valence-electron chi connectivity index (χ4n) is 1.08. The molecule has 1 aromatic heterocycles. The number of hydrogen-bond donors (Lipinski definition) is 0. The molecule has 1 aromatic carbocycles. The molecule has 3 heteroatoms. The van der Waals surface area contributed by atoms with E-state index in [0.29, 0.717) is 0 Å². The number of benzene rings is 1. The molecule has 0 fully saturated rings. The van der Waals surface area contributed by atoms with Crippen LogP contribution in [0.5, 0.6) is 0 Å². The van der Waals surface area contributed by atoms with Crippen LogP contribution in [0.2, 0.25) is 0 Å². The molecule has 2 aromatic rings. The summed E-state index contributed by atoms with van der Waals surface area (Å²) in [6.07, 6.45) is 6.01. The van der Waals surface area contributed by atoms with Crippen molar-refractivity contribution < 1.29 is 0 Å². The van der Waals surface area contributed by atoms with E-state index in [2.05, 4.69) is 45.2 Å². The molecule has 14 heavy (non-hydrogen) atoms. The molecular formula is C11H8BrNS. The van der Waals surface area contributed by atoms with Gasteiger partial charge in [-0.3, -0.25) is 0 Å². The first-order valence-electron chi connectivity index (χ1n) is 4.19. The van der Waals surface area contributed by atoms with Gasteiger partial charge in [0, 0.05) is 11.1 Å². The smallest absolute Gasteiger partial charge is 0.159 e. The van der Waals surface area contributed by atoms with Gasteiger partial charge < -0.3 is 0 Å². The summed E-state index contributed by atoms with van der Waals surface area (Å²) < 4.78 is 0.921. The lowest BCUT2D eigenvalue weighted by molar-refractivity contribution is 1.38. The second-order valence-corrected chi connectivity index (χ2v) is 5.10. The highest BCUT2D eigenvalue weighted by molar-refractivity contribution is 9.11. The Bertz CT molecular complexity index is 434. The number of thiazole rings is 1. The van der Waals surface area contributed by atoms with Crippen LogP contribution in [0.25, 0.3) is 12.2 Å². The van der Waals surface area contributed by atoms with E-state index in [9.17, 15) is 0 Å². The Morgan fingerprint density at radius 2 is 1.93 bits per heavy atom. The molecule has 0 atom stereocenters. The zero-order valence-corrected chi connectivity index (χ0v) is 9.75. The number of nitrogens with zero attached hydrogens (tertiary/aromatic N) is 1. The fourth-order valence-corrected chi connectivity index (χ4v) is 2.29. The van der Waals surface area contributed by atoms with Gasteiger partial charge in [-0.25, -0.2) is 4.98 Å². The lowest BCUT2D eigenvalue weighted by atomic mass is 10.2. The Morgan fingerprint density at radius 1 is 1.14 bits per heavy atom. The summed E-state index contributed by atoms with van der Waals surface area (Å²) in [5.41, 5.74) is 1.21. The first-order chi connectivity index (χ1) is 6.84. The highest BCUT2D eigenvalue weighted by Gasteiger charge is 1.93. The highest BCUT2D eigenvalue weighted by Crippen LogP contribution is 2.20. The third kappa shape index (κ3) is 2.53. The first-order valence-corrected chi connectivity index (χ1v) is 5.80. The van der Waals surface area contributed by atoms with Gasteiger partial charge in [-0.2, -0.15) is 0 Å². The topological polar surface area (TPSA) is 12.9 Å².